The highest BCUT2D eigenvalue weighted by Gasteiger charge is 2.29. The van der Waals surface area contributed by atoms with Gasteiger partial charge in [-0.3, -0.25) is 4.79 Å². The molecular formula is C14H20N2O2. The summed E-state index contributed by atoms with van der Waals surface area (Å²) in [5, 5.41) is 6.24. The van der Waals surface area contributed by atoms with E-state index in [4.69, 9.17) is 4.74 Å². The first-order chi connectivity index (χ1) is 8.61. The summed E-state index contributed by atoms with van der Waals surface area (Å²) in [5.41, 5.74) is 1.88. The van der Waals surface area contributed by atoms with E-state index in [-0.39, 0.29) is 11.8 Å². The zero-order valence-corrected chi connectivity index (χ0v) is 11.1. The van der Waals surface area contributed by atoms with Gasteiger partial charge in [-0.1, -0.05) is 6.92 Å². The van der Waals surface area contributed by atoms with Gasteiger partial charge in [-0.2, -0.15) is 0 Å². The molecule has 0 unspecified atom stereocenters. The van der Waals surface area contributed by atoms with Crippen molar-refractivity contribution in [3.63, 3.8) is 0 Å². The quantitative estimate of drug-likeness (QED) is 0.857. The van der Waals surface area contributed by atoms with Gasteiger partial charge in [0.1, 0.15) is 5.75 Å². The van der Waals surface area contributed by atoms with Crippen LogP contribution in [0.3, 0.4) is 0 Å². The van der Waals surface area contributed by atoms with Gasteiger partial charge in [-0.25, -0.2) is 0 Å². The molecule has 0 aromatic heterocycles. The zero-order valence-electron chi connectivity index (χ0n) is 11.1. The lowest BCUT2D eigenvalue weighted by atomic mass is 9.97. The van der Waals surface area contributed by atoms with Crippen molar-refractivity contribution in [2.45, 2.75) is 13.8 Å². The van der Waals surface area contributed by atoms with E-state index in [0.717, 1.165) is 30.1 Å². The molecule has 4 nitrogen and oxygen atoms in total. The van der Waals surface area contributed by atoms with E-state index in [1.165, 1.54) is 0 Å². The molecule has 2 atom stereocenters. The molecule has 4 heteroatoms. The number of nitrogens with one attached hydrogen (secondary N) is 2. The number of aryl methyl sites for hydroxylation is 1. The van der Waals surface area contributed by atoms with Gasteiger partial charge in [0.25, 0.3) is 0 Å². The number of amides is 1. The van der Waals surface area contributed by atoms with Crippen molar-refractivity contribution >= 4 is 11.6 Å². The summed E-state index contributed by atoms with van der Waals surface area (Å²) in [4.78, 5) is 12.1. The highest BCUT2D eigenvalue weighted by atomic mass is 16.5. The normalized spacial score (nSPS) is 22.8. The van der Waals surface area contributed by atoms with Crippen LogP contribution in [0.4, 0.5) is 5.69 Å². The number of carbonyl (C=O) groups excluding carboxylic acids is 1. The molecule has 2 rings (SSSR count). The van der Waals surface area contributed by atoms with Gasteiger partial charge in [-0.15, -0.1) is 0 Å². The average molecular weight is 248 g/mol. The van der Waals surface area contributed by atoms with Crippen LogP contribution in [0.15, 0.2) is 18.2 Å². The first kappa shape index (κ1) is 12.9. The van der Waals surface area contributed by atoms with Gasteiger partial charge in [-0.05, 0) is 43.1 Å². The van der Waals surface area contributed by atoms with Crippen LogP contribution in [0.25, 0.3) is 0 Å². The third-order valence-electron chi connectivity index (χ3n) is 3.55. The van der Waals surface area contributed by atoms with E-state index < -0.39 is 0 Å². The second-order valence-corrected chi connectivity index (χ2v) is 4.91. The van der Waals surface area contributed by atoms with Crippen LogP contribution >= 0.6 is 0 Å². The van der Waals surface area contributed by atoms with Gasteiger partial charge in [0.05, 0.1) is 13.0 Å². The van der Waals surface area contributed by atoms with Crippen molar-refractivity contribution < 1.29 is 9.53 Å². The van der Waals surface area contributed by atoms with Gasteiger partial charge in [0.2, 0.25) is 5.91 Å². The predicted molar refractivity (Wildman–Crippen MR) is 71.9 cm³/mol. The molecule has 1 aliphatic rings. The monoisotopic (exact) mass is 248 g/mol. The maximum absolute atomic E-state index is 12.1. The average Bonchev–Trinajstić information content (AvgIpc) is 2.78. The molecule has 1 saturated heterocycles. The zero-order chi connectivity index (χ0) is 13.1. The molecule has 1 heterocycles. The molecule has 0 radical (unpaired) electrons. The van der Waals surface area contributed by atoms with E-state index in [1.54, 1.807) is 7.11 Å². The lowest BCUT2D eigenvalue weighted by Crippen LogP contribution is -2.28. The van der Waals surface area contributed by atoms with E-state index in [2.05, 4.69) is 17.6 Å². The first-order valence-electron chi connectivity index (χ1n) is 6.28. The highest BCUT2D eigenvalue weighted by molar-refractivity contribution is 5.93. The molecule has 1 fully saturated rings. The predicted octanol–water partition coefficient (Wildman–Crippen LogP) is 1.80. The summed E-state index contributed by atoms with van der Waals surface area (Å²) in [6.07, 6.45) is 0. The molecule has 0 saturated carbocycles. The SMILES string of the molecule is COc1ccc(NC(=O)[C@@H]2CNC[C@H]2C)c(C)c1. The Morgan fingerprint density at radius 3 is 2.78 bits per heavy atom. The summed E-state index contributed by atoms with van der Waals surface area (Å²) < 4.78 is 5.15. The van der Waals surface area contributed by atoms with E-state index in [9.17, 15) is 4.79 Å². The summed E-state index contributed by atoms with van der Waals surface area (Å²) in [5.74, 6) is 1.36. The van der Waals surface area contributed by atoms with Crippen molar-refractivity contribution in [2.24, 2.45) is 11.8 Å². The number of methoxy groups -OCH3 is 1. The summed E-state index contributed by atoms with van der Waals surface area (Å²) in [7, 11) is 1.64. The van der Waals surface area contributed by atoms with Crippen molar-refractivity contribution in [1.29, 1.82) is 0 Å². The summed E-state index contributed by atoms with van der Waals surface area (Å²) in [6, 6.07) is 5.67. The minimum absolute atomic E-state index is 0.0616. The van der Waals surface area contributed by atoms with Crippen molar-refractivity contribution in [2.75, 3.05) is 25.5 Å². The van der Waals surface area contributed by atoms with Crippen LogP contribution in [0.1, 0.15) is 12.5 Å². The molecular weight excluding hydrogens is 228 g/mol. The van der Waals surface area contributed by atoms with Crippen molar-refractivity contribution in [3.05, 3.63) is 23.8 Å². The molecule has 18 heavy (non-hydrogen) atoms. The Labute approximate surface area is 108 Å². The topological polar surface area (TPSA) is 50.4 Å². The molecule has 1 aromatic carbocycles. The Morgan fingerprint density at radius 1 is 1.44 bits per heavy atom. The summed E-state index contributed by atoms with van der Waals surface area (Å²) >= 11 is 0. The fourth-order valence-electron chi connectivity index (χ4n) is 2.29. The second-order valence-electron chi connectivity index (χ2n) is 4.91. The molecule has 1 aromatic rings. The lowest BCUT2D eigenvalue weighted by molar-refractivity contribution is -0.120. The van der Waals surface area contributed by atoms with Gasteiger partial charge >= 0.3 is 0 Å². The minimum atomic E-state index is 0.0616. The number of carbonyl (C=O) groups is 1. The fraction of sp³-hybridized carbons (Fsp3) is 0.500. The van der Waals surface area contributed by atoms with Crippen molar-refractivity contribution in [1.82, 2.24) is 5.32 Å². The second kappa shape index (κ2) is 5.40. The lowest BCUT2D eigenvalue weighted by Gasteiger charge is -2.16. The number of benzene rings is 1. The third kappa shape index (κ3) is 2.64. The number of anilines is 1. The molecule has 0 aliphatic carbocycles. The third-order valence-corrected chi connectivity index (χ3v) is 3.55. The maximum atomic E-state index is 12.1. The molecule has 0 bridgehead atoms. The largest absolute Gasteiger partial charge is 0.497 e. The molecule has 1 aliphatic heterocycles. The number of hydrogen-bond acceptors (Lipinski definition) is 3. The molecule has 98 valence electrons. The van der Waals surface area contributed by atoms with Crippen LogP contribution in [-0.2, 0) is 4.79 Å². The summed E-state index contributed by atoms with van der Waals surface area (Å²) in [6.45, 7) is 5.75. The Balaban J connectivity index is 2.07. The first-order valence-corrected chi connectivity index (χ1v) is 6.28. The van der Waals surface area contributed by atoms with Gasteiger partial charge < -0.3 is 15.4 Å². The van der Waals surface area contributed by atoms with Crippen LogP contribution in [-0.4, -0.2) is 26.1 Å². The Hall–Kier alpha value is -1.55. The van der Waals surface area contributed by atoms with Crippen LogP contribution in [0.5, 0.6) is 5.75 Å². The molecule has 0 spiro atoms. The van der Waals surface area contributed by atoms with Crippen LogP contribution in [0, 0.1) is 18.8 Å². The number of rotatable bonds is 3. The van der Waals surface area contributed by atoms with E-state index in [0.29, 0.717) is 5.92 Å². The Morgan fingerprint density at radius 2 is 2.22 bits per heavy atom. The smallest absolute Gasteiger partial charge is 0.229 e. The Bertz CT molecular complexity index is 445. The maximum Gasteiger partial charge on any atom is 0.229 e. The molecule has 2 N–H and O–H groups in total. The fourth-order valence-corrected chi connectivity index (χ4v) is 2.29. The number of ether oxygens (including phenoxy) is 1. The highest BCUT2D eigenvalue weighted by Crippen LogP contribution is 2.23. The standard InChI is InChI=1S/C14H20N2O2/c1-9-6-11(18-3)4-5-13(9)16-14(17)12-8-15-7-10(12)2/h4-6,10,12,15H,7-8H2,1-3H3,(H,16,17)/t10-,12-/m1/s1. The molecule has 1 amide bonds. The Kier molecular flexibility index (Phi) is 3.87. The van der Waals surface area contributed by atoms with E-state index >= 15 is 0 Å². The van der Waals surface area contributed by atoms with E-state index in [1.807, 2.05) is 25.1 Å². The van der Waals surface area contributed by atoms with Crippen LogP contribution in [0.2, 0.25) is 0 Å². The minimum Gasteiger partial charge on any atom is -0.497 e. The van der Waals surface area contributed by atoms with Gasteiger partial charge in [0, 0.05) is 12.2 Å². The number of hydrogen-bond donors (Lipinski definition) is 2. The van der Waals surface area contributed by atoms with Gasteiger partial charge in [0.15, 0.2) is 0 Å². The van der Waals surface area contributed by atoms with Crippen molar-refractivity contribution in [3.8, 4) is 5.75 Å². The van der Waals surface area contributed by atoms with Crippen LogP contribution < -0.4 is 15.4 Å².